The third-order valence-corrected chi connectivity index (χ3v) is 7.40. The van der Waals surface area contributed by atoms with Gasteiger partial charge < -0.3 is 0 Å². The van der Waals surface area contributed by atoms with Crippen molar-refractivity contribution in [3.05, 3.63) is 87.7 Å². The van der Waals surface area contributed by atoms with E-state index in [2.05, 4.69) is 96.5 Å². The molecule has 0 N–H and O–H groups in total. The molecule has 0 radical (unpaired) electrons. The molecule has 0 aliphatic rings. The van der Waals surface area contributed by atoms with Gasteiger partial charge in [0.25, 0.3) is 0 Å². The van der Waals surface area contributed by atoms with E-state index in [9.17, 15) is 0 Å². The molecule has 0 aliphatic carbocycles. The summed E-state index contributed by atoms with van der Waals surface area (Å²) in [5.74, 6) is 0. The summed E-state index contributed by atoms with van der Waals surface area (Å²) in [7, 11) is 0. The van der Waals surface area contributed by atoms with Crippen LogP contribution < -0.4 is 0 Å². The Labute approximate surface area is 206 Å². The van der Waals surface area contributed by atoms with Gasteiger partial charge in [0, 0.05) is 28.9 Å². The normalized spacial score (nSPS) is 12.9. The maximum Gasteiger partial charge on any atom is 0.0492 e. The summed E-state index contributed by atoms with van der Waals surface area (Å²) in [5, 5.41) is 5.56. The van der Waals surface area contributed by atoms with Crippen LogP contribution in [0.5, 0.6) is 0 Å². The zero-order valence-corrected chi connectivity index (χ0v) is 22.6. The monoisotopic (exact) mass is 464 g/mol. The van der Waals surface area contributed by atoms with E-state index in [0.717, 1.165) is 30.8 Å². The Bertz CT molecular complexity index is 1080. The molecule has 2 aromatic carbocycles. The van der Waals surface area contributed by atoms with Crippen LogP contribution in [0, 0.1) is 6.92 Å². The van der Waals surface area contributed by atoms with Crippen LogP contribution in [0.1, 0.15) is 89.3 Å². The Morgan fingerprint density at radius 1 is 0.818 bits per heavy atom. The second-order valence-corrected chi connectivity index (χ2v) is 12.2. The fourth-order valence-corrected chi connectivity index (χ4v) is 5.55. The van der Waals surface area contributed by atoms with Crippen molar-refractivity contribution in [1.29, 1.82) is 0 Å². The SMILES string of the molecule is Cc1c(CC(C)(C)c2ccnn2CCCC(C)(C)c2ccccc2Cl)cccc1C(C)(C)C. The minimum absolute atomic E-state index is 0.00394. The fraction of sp³-hybridized carbons (Fsp3) is 0.500. The van der Waals surface area contributed by atoms with E-state index < -0.39 is 0 Å². The first-order valence-corrected chi connectivity index (χ1v) is 12.6. The van der Waals surface area contributed by atoms with E-state index in [1.54, 1.807) is 0 Å². The van der Waals surface area contributed by atoms with Crippen molar-refractivity contribution in [2.24, 2.45) is 0 Å². The maximum atomic E-state index is 6.48. The molecule has 0 amide bonds. The van der Waals surface area contributed by atoms with E-state index in [0.29, 0.717) is 0 Å². The third kappa shape index (κ3) is 5.90. The van der Waals surface area contributed by atoms with Gasteiger partial charge in [-0.2, -0.15) is 5.10 Å². The molecule has 0 atom stereocenters. The summed E-state index contributed by atoms with van der Waals surface area (Å²) >= 11 is 6.48. The van der Waals surface area contributed by atoms with Crippen LogP contribution >= 0.6 is 11.6 Å². The van der Waals surface area contributed by atoms with Gasteiger partial charge in [-0.3, -0.25) is 4.68 Å². The molecule has 3 rings (SSSR count). The summed E-state index contributed by atoms with van der Waals surface area (Å²) in [5.41, 5.74) is 7.00. The highest BCUT2D eigenvalue weighted by molar-refractivity contribution is 6.31. The maximum absolute atomic E-state index is 6.48. The first-order chi connectivity index (χ1) is 15.3. The molecule has 1 aromatic heterocycles. The number of aromatic nitrogens is 2. The van der Waals surface area contributed by atoms with Gasteiger partial charge in [-0.1, -0.05) is 96.5 Å². The molecule has 178 valence electrons. The van der Waals surface area contributed by atoms with Crippen LogP contribution in [0.4, 0.5) is 0 Å². The van der Waals surface area contributed by atoms with Gasteiger partial charge in [-0.25, -0.2) is 0 Å². The molecule has 0 aliphatic heterocycles. The topological polar surface area (TPSA) is 17.8 Å². The second kappa shape index (κ2) is 9.66. The van der Waals surface area contributed by atoms with Crippen molar-refractivity contribution in [1.82, 2.24) is 9.78 Å². The van der Waals surface area contributed by atoms with E-state index in [-0.39, 0.29) is 16.2 Å². The van der Waals surface area contributed by atoms with Gasteiger partial charge in [0.15, 0.2) is 0 Å². The molecule has 2 nitrogen and oxygen atoms in total. The van der Waals surface area contributed by atoms with Gasteiger partial charge in [-0.05, 0) is 71.4 Å². The lowest BCUT2D eigenvalue weighted by molar-refractivity contribution is 0.400. The molecule has 1 heterocycles. The van der Waals surface area contributed by atoms with Crippen molar-refractivity contribution in [3.8, 4) is 0 Å². The van der Waals surface area contributed by atoms with Crippen molar-refractivity contribution >= 4 is 11.6 Å². The third-order valence-electron chi connectivity index (χ3n) is 7.07. The lowest BCUT2D eigenvalue weighted by Crippen LogP contribution is -2.26. The summed E-state index contributed by atoms with van der Waals surface area (Å²) in [4.78, 5) is 0. The molecule has 3 heteroatoms. The smallest absolute Gasteiger partial charge is 0.0492 e. The quantitative estimate of drug-likeness (QED) is 0.327. The van der Waals surface area contributed by atoms with Crippen LogP contribution in [0.3, 0.4) is 0 Å². The number of hydrogen-bond acceptors (Lipinski definition) is 1. The molecular formula is C30H41ClN2. The Kier molecular flexibility index (Phi) is 7.49. The molecule has 0 spiro atoms. The predicted octanol–water partition coefficient (Wildman–Crippen LogP) is 8.42. The van der Waals surface area contributed by atoms with Crippen LogP contribution in [-0.4, -0.2) is 9.78 Å². The number of aryl methyl sites for hydroxylation is 1. The Morgan fingerprint density at radius 3 is 2.15 bits per heavy atom. The lowest BCUT2D eigenvalue weighted by atomic mass is 9.77. The lowest BCUT2D eigenvalue weighted by Gasteiger charge is -2.30. The first kappa shape index (κ1) is 25.6. The van der Waals surface area contributed by atoms with Crippen molar-refractivity contribution in [3.63, 3.8) is 0 Å². The second-order valence-electron chi connectivity index (χ2n) is 11.8. The van der Waals surface area contributed by atoms with Crippen molar-refractivity contribution in [2.45, 2.75) is 97.4 Å². The number of hydrogen-bond donors (Lipinski definition) is 0. The van der Waals surface area contributed by atoms with Crippen molar-refractivity contribution < 1.29 is 0 Å². The number of rotatable bonds is 8. The minimum Gasteiger partial charge on any atom is -0.269 e. The molecular weight excluding hydrogens is 424 g/mol. The number of nitrogens with zero attached hydrogens (tertiary/aromatic N) is 2. The van der Waals surface area contributed by atoms with Gasteiger partial charge in [0.1, 0.15) is 0 Å². The molecule has 33 heavy (non-hydrogen) atoms. The largest absolute Gasteiger partial charge is 0.269 e. The molecule has 0 bridgehead atoms. The molecule has 0 saturated carbocycles. The van der Waals surface area contributed by atoms with Gasteiger partial charge in [0.2, 0.25) is 0 Å². The van der Waals surface area contributed by atoms with E-state index >= 15 is 0 Å². The Morgan fingerprint density at radius 2 is 1.48 bits per heavy atom. The Hall–Kier alpha value is -2.06. The Balaban J connectivity index is 1.74. The first-order valence-electron chi connectivity index (χ1n) is 12.2. The van der Waals surface area contributed by atoms with Crippen LogP contribution in [0.25, 0.3) is 0 Å². The summed E-state index contributed by atoms with van der Waals surface area (Å²) in [6.07, 6.45) is 5.07. The molecule has 0 fully saturated rings. The predicted molar refractivity (Wildman–Crippen MR) is 143 cm³/mol. The highest BCUT2D eigenvalue weighted by atomic mass is 35.5. The van der Waals surface area contributed by atoms with E-state index in [1.807, 2.05) is 18.3 Å². The standard InChI is InChI=1S/C30H41ClN2/c1-22-23(13-11-15-24(22)28(2,3)4)21-30(7,8)27-17-19-32-33(27)20-12-18-29(5,6)25-14-9-10-16-26(25)31/h9-11,13-17,19H,12,18,20-21H2,1-8H3. The van der Waals surface area contributed by atoms with Crippen LogP contribution in [0.2, 0.25) is 5.02 Å². The average Bonchev–Trinajstić information content (AvgIpc) is 3.18. The zero-order chi connectivity index (χ0) is 24.4. The number of benzene rings is 2. The summed E-state index contributed by atoms with van der Waals surface area (Å²) in [6, 6.07) is 17.2. The minimum atomic E-state index is -0.00394. The fourth-order valence-electron chi connectivity index (χ4n) is 5.16. The molecule has 0 unspecified atom stereocenters. The number of halogens is 1. The van der Waals surface area contributed by atoms with Gasteiger partial charge >= 0.3 is 0 Å². The molecule has 0 saturated heterocycles. The highest BCUT2D eigenvalue weighted by Crippen LogP contribution is 2.35. The average molecular weight is 465 g/mol. The van der Waals surface area contributed by atoms with Crippen molar-refractivity contribution in [2.75, 3.05) is 0 Å². The summed E-state index contributed by atoms with van der Waals surface area (Å²) in [6.45, 7) is 19.3. The van der Waals surface area contributed by atoms with Crippen LogP contribution in [0.15, 0.2) is 54.7 Å². The van der Waals surface area contributed by atoms with E-state index in [1.165, 1.54) is 27.9 Å². The summed E-state index contributed by atoms with van der Waals surface area (Å²) < 4.78 is 2.21. The molecule has 3 aromatic rings. The van der Waals surface area contributed by atoms with E-state index in [4.69, 9.17) is 16.7 Å². The zero-order valence-electron chi connectivity index (χ0n) is 21.8. The highest BCUT2D eigenvalue weighted by Gasteiger charge is 2.28. The van der Waals surface area contributed by atoms with Crippen LogP contribution in [-0.2, 0) is 29.2 Å². The van der Waals surface area contributed by atoms with Gasteiger partial charge in [-0.15, -0.1) is 0 Å². The van der Waals surface area contributed by atoms with Gasteiger partial charge in [0.05, 0.1) is 0 Å².